The summed E-state index contributed by atoms with van der Waals surface area (Å²) >= 11 is 0. The number of esters is 1. The first kappa shape index (κ1) is 40.0. The SMILES string of the molecule is CC(C)C1=C2C3CC[C@@H]4[C@@]5(C)CC[C@H](OC(=O)[C@H]6C[C@@H](C(=O)O)C6(C)C)C(C)(C)[C@@H]5CC[C@@]4(C)[C@]3(C)CC[C@@]2([C@@H](O)CNC(=O)[C@H]2CCCNC2)CC1=O. The number of aliphatic hydroxyl groups excluding tert-OH is 1. The van der Waals surface area contributed by atoms with Crippen molar-refractivity contribution in [3.63, 3.8) is 0 Å². The van der Waals surface area contributed by atoms with Crippen molar-refractivity contribution in [3.05, 3.63) is 11.1 Å². The number of hydrogen-bond donors (Lipinski definition) is 4. The van der Waals surface area contributed by atoms with E-state index in [9.17, 15) is 29.4 Å². The molecule has 1 heterocycles. The van der Waals surface area contributed by atoms with E-state index < -0.39 is 28.8 Å². The molecule has 54 heavy (non-hydrogen) atoms. The lowest BCUT2D eigenvalue weighted by Crippen LogP contribution is -2.66. The van der Waals surface area contributed by atoms with Gasteiger partial charge in [0.05, 0.1) is 23.9 Å². The van der Waals surface area contributed by atoms with Gasteiger partial charge in [-0.1, -0.05) is 67.9 Å². The fourth-order valence-corrected chi connectivity index (χ4v) is 14.9. The molecule has 4 N–H and O–H groups in total. The minimum absolute atomic E-state index is 0.00127. The fraction of sp³-hybridized carbons (Fsp3) is 0.867. The average molecular weight is 751 g/mol. The van der Waals surface area contributed by atoms with Crippen molar-refractivity contribution in [1.29, 1.82) is 0 Å². The van der Waals surface area contributed by atoms with Gasteiger partial charge in [0.15, 0.2) is 5.78 Å². The monoisotopic (exact) mass is 751 g/mol. The van der Waals surface area contributed by atoms with Gasteiger partial charge in [-0.25, -0.2) is 0 Å². The number of carboxylic acid groups (broad SMARTS) is 1. The van der Waals surface area contributed by atoms with E-state index in [1.54, 1.807) is 0 Å². The average Bonchev–Trinajstić information content (AvgIpc) is 3.41. The van der Waals surface area contributed by atoms with Crippen LogP contribution in [0.4, 0.5) is 0 Å². The second-order valence-electron chi connectivity index (χ2n) is 21.4. The van der Waals surface area contributed by atoms with Gasteiger partial charge < -0.3 is 25.6 Å². The van der Waals surface area contributed by atoms with Gasteiger partial charge >= 0.3 is 11.9 Å². The van der Waals surface area contributed by atoms with Crippen LogP contribution >= 0.6 is 0 Å². The molecule has 5 saturated carbocycles. The predicted molar refractivity (Wildman–Crippen MR) is 207 cm³/mol. The number of ether oxygens (including phenoxy) is 1. The predicted octanol–water partition coefficient (Wildman–Crippen LogP) is 7.10. The number of allylic oxidation sites excluding steroid dienone is 1. The lowest BCUT2D eigenvalue weighted by atomic mass is 9.33. The first-order chi connectivity index (χ1) is 25.2. The summed E-state index contributed by atoms with van der Waals surface area (Å²) < 4.78 is 6.41. The molecule has 6 aliphatic carbocycles. The zero-order valence-corrected chi connectivity index (χ0v) is 34.7. The zero-order chi connectivity index (χ0) is 39.4. The van der Waals surface area contributed by atoms with Crippen LogP contribution in [0.15, 0.2) is 11.1 Å². The van der Waals surface area contributed by atoms with Gasteiger partial charge in [0.25, 0.3) is 0 Å². The largest absolute Gasteiger partial charge is 0.481 e. The van der Waals surface area contributed by atoms with Gasteiger partial charge in [-0.15, -0.1) is 0 Å². The minimum atomic E-state index is -0.834. The normalized spacial score (nSPS) is 44.2. The number of nitrogens with one attached hydrogen (secondary N) is 2. The number of fused-ring (bicyclic) bond motifs is 7. The van der Waals surface area contributed by atoms with Crippen LogP contribution < -0.4 is 10.6 Å². The smallest absolute Gasteiger partial charge is 0.309 e. The van der Waals surface area contributed by atoms with E-state index >= 15 is 0 Å². The molecule has 0 spiro atoms. The topological polar surface area (TPSA) is 142 Å². The highest BCUT2D eigenvalue weighted by atomic mass is 16.5. The van der Waals surface area contributed by atoms with Crippen LogP contribution in [0.1, 0.15) is 139 Å². The van der Waals surface area contributed by atoms with Crippen LogP contribution in [-0.2, 0) is 23.9 Å². The maximum Gasteiger partial charge on any atom is 0.309 e. The third-order valence-electron chi connectivity index (χ3n) is 18.3. The molecule has 0 aromatic heterocycles. The Labute approximate surface area is 324 Å². The van der Waals surface area contributed by atoms with E-state index in [-0.39, 0.29) is 75.6 Å². The molecule has 6 fully saturated rings. The summed E-state index contributed by atoms with van der Waals surface area (Å²) in [6.45, 7) is 22.0. The Hall–Kier alpha value is -2.26. The number of carboxylic acids is 1. The number of aliphatic carboxylic acids is 1. The van der Waals surface area contributed by atoms with Crippen LogP contribution in [-0.4, -0.2) is 65.7 Å². The van der Waals surface area contributed by atoms with Crippen molar-refractivity contribution in [1.82, 2.24) is 10.6 Å². The van der Waals surface area contributed by atoms with Crippen molar-refractivity contribution < 1.29 is 34.1 Å². The zero-order valence-electron chi connectivity index (χ0n) is 34.7. The van der Waals surface area contributed by atoms with Crippen LogP contribution in [0.2, 0.25) is 0 Å². The maximum absolute atomic E-state index is 14.1. The fourth-order valence-electron chi connectivity index (χ4n) is 14.9. The van der Waals surface area contributed by atoms with Crippen LogP contribution in [0.3, 0.4) is 0 Å². The number of ketones is 1. The Kier molecular flexibility index (Phi) is 9.92. The van der Waals surface area contributed by atoms with Crippen molar-refractivity contribution in [2.24, 2.45) is 73.9 Å². The summed E-state index contributed by atoms with van der Waals surface area (Å²) in [6.07, 6.45) is 9.20. The number of Topliss-reactive ketones (excluding diaryl/α,β-unsaturated/α-hetero) is 1. The van der Waals surface area contributed by atoms with E-state index in [1.165, 1.54) is 5.57 Å². The van der Waals surface area contributed by atoms with E-state index in [1.807, 2.05) is 13.8 Å². The molecular weight excluding hydrogens is 681 g/mol. The number of carbonyl (C=O) groups excluding carboxylic acids is 3. The number of hydrogen-bond acceptors (Lipinski definition) is 7. The summed E-state index contributed by atoms with van der Waals surface area (Å²) in [6, 6.07) is 0. The van der Waals surface area contributed by atoms with E-state index in [0.29, 0.717) is 31.2 Å². The second-order valence-corrected chi connectivity index (χ2v) is 21.4. The third kappa shape index (κ3) is 5.64. The lowest BCUT2D eigenvalue weighted by molar-refractivity contribution is -0.238. The molecule has 9 heteroatoms. The Morgan fingerprint density at radius 3 is 2.22 bits per heavy atom. The number of piperidine rings is 1. The molecule has 0 aromatic rings. The van der Waals surface area contributed by atoms with Crippen molar-refractivity contribution in [3.8, 4) is 0 Å². The van der Waals surface area contributed by atoms with Gasteiger partial charge in [0.2, 0.25) is 5.91 Å². The summed E-state index contributed by atoms with van der Waals surface area (Å²) in [5.41, 5.74) is 0.747. The Morgan fingerprint density at radius 1 is 0.870 bits per heavy atom. The molecule has 0 radical (unpaired) electrons. The molecule has 1 amide bonds. The molecule has 0 aromatic carbocycles. The van der Waals surface area contributed by atoms with Crippen molar-refractivity contribution in [2.45, 2.75) is 152 Å². The highest BCUT2D eigenvalue weighted by Crippen LogP contribution is 2.77. The summed E-state index contributed by atoms with van der Waals surface area (Å²) in [5.74, 6) is -0.726. The van der Waals surface area contributed by atoms with Crippen LogP contribution in [0, 0.1) is 73.9 Å². The molecule has 9 nitrogen and oxygen atoms in total. The van der Waals surface area contributed by atoms with Gasteiger partial charge in [0, 0.05) is 30.3 Å². The van der Waals surface area contributed by atoms with Gasteiger partial charge in [-0.2, -0.15) is 0 Å². The number of amides is 1. The van der Waals surface area contributed by atoms with Crippen molar-refractivity contribution in [2.75, 3.05) is 19.6 Å². The summed E-state index contributed by atoms with van der Waals surface area (Å²) in [4.78, 5) is 52.6. The van der Waals surface area contributed by atoms with Crippen LogP contribution in [0.5, 0.6) is 0 Å². The molecule has 12 atom stereocenters. The highest BCUT2D eigenvalue weighted by molar-refractivity contribution is 6.00. The van der Waals surface area contributed by atoms with Gasteiger partial charge in [-0.3, -0.25) is 19.2 Å². The van der Waals surface area contributed by atoms with E-state index in [4.69, 9.17) is 4.74 Å². The molecule has 7 rings (SSSR count). The minimum Gasteiger partial charge on any atom is -0.481 e. The molecular formula is C45H70N2O7. The Morgan fingerprint density at radius 2 is 1.59 bits per heavy atom. The molecule has 0 bridgehead atoms. The highest BCUT2D eigenvalue weighted by Gasteiger charge is 2.71. The molecule has 7 aliphatic rings. The standard InChI is InChI=1S/C45H70N2O7/c1-25(2)35-30(48)22-45(33(49)24-47-37(50)26-11-10-20-46-23-26)19-18-43(8)27(36(35)45)12-13-32-42(7)16-15-34(41(5,6)31(42)14-17-44(32,43)9)54-39(53)29-21-28(38(51)52)40(29,3)4/h25-29,31-34,46,49H,10-24H2,1-9H3,(H,47,50)(H,51,52)/t26-,27?,28-,29+,31-,32+,33-,34-,42-,43+,44+,45-/m0/s1. The molecule has 302 valence electrons. The molecule has 1 saturated heterocycles. The number of carbonyl (C=O) groups is 4. The first-order valence-electron chi connectivity index (χ1n) is 21.5. The van der Waals surface area contributed by atoms with Crippen molar-refractivity contribution >= 4 is 23.6 Å². The maximum atomic E-state index is 14.1. The van der Waals surface area contributed by atoms with E-state index in [2.05, 4.69) is 59.1 Å². The molecule has 1 aliphatic heterocycles. The number of aliphatic hydroxyl groups is 1. The molecule has 1 unspecified atom stereocenters. The third-order valence-corrected chi connectivity index (χ3v) is 18.3. The quantitative estimate of drug-likeness (QED) is 0.193. The Bertz CT molecular complexity index is 1590. The van der Waals surface area contributed by atoms with Gasteiger partial charge in [0.1, 0.15) is 6.10 Å². The van der Waals surface area contributed by atoms with Crippen LogP contribution in [0.25, 0.3) is 0 Å². The summed E-state index contributed by atoms with van der Waals surface area (Å²) in [5, 5.41) is 28.2. The lowest BCUT2D eigenvalue weighted by Gasteiger charge is -2.72. The number of rotatable bonds is 8. The summed E-state index contributed by atoms with van der Waals surface area (Å²) in [7, 11) is 0. The first-order valence-corrected chi connectivity index (χ1v) is 21.5. The van der Waals surface area contributed by atoms with E-state index in [0.717, 1.165) is 76.3 Å². The Balaban J connectivity index is 1.13. The second kappa shape index (κ2) is 13.4. The van der Waals surface area contributed by atoms with Gasteiger partial charge in [-0.05, 0) is 128 Å².